The number of carbonyl (C=O) groups excluding carboxylic acids is 6. The van der Waals surface area contributed by atoms with Crippen molar-refractivity contribution < 1.29 is 85.3 Å². The number of nitrogens with zero attached hydrogens (tertiary/aromatic N) is 2. The molecular formula is C43H47ClN4O17. The Kier molecular flexibility index (Phi) is 11.9. The zero-order valence-corrected chi connectivity index (χ0v) is 35.9. The Bertz CT molecular complexity index is 2650. The van der Waals surface area contributed by atoms with Crippen LogP contribution in [0.3, 0.4) is 0 Å². The zero-order valence-electron chi connectivity index (χ0n) is 35.1. The molecule has 0 spiro atoms. The monoisotopic (exact) mass is 926 g/mol. The number of primary amides is 2. The lowest BCUT2D eigenvalue weighted by molar-refractivity contribution is -0.162. The van der Waals surface area contributed by atoms with Crippen molar-refractivity contribution in [3.8, 4) is 11.5 Å². The summed E-state index contributed by atoms with van der Waals surface area (Å²) in [6.45, 7) is 1.68. The number of fused-ring (bicyclic) bond motifs is 6. The molecule has 0 fully saturated rings. The number of aliphatic hydroxyl groups excluding tert-OH is 6. The highest BCUT2D eigenvalue weighted by molar-refractivity contribution is 6.33. The molecule has 11 atom stereocenters. The van der Waals surface area contributed by atoms with Crippen LogP contribution in [0.25, 0.3) is 0 Å². The van der Waals surface area contributed by atoms with Crippen LogP contribution in [-0.4, -0.2) is 159 Å². The summed E-state index contributed by atoms with van der Waals surface area (Å²) in [4.78, 5) is 79.5. The predicted molar refractivity (Wildman–Crippen MR) is 223 cm³/mol. The SMILES string of the molecule is CN(C)[C@@H]1C(O)=C(C(N)=O)C(=O)[C@@]2(O)C(O)=C3C(=O)c4c(O)ccc(Cl)c4[C@@H](O)[C@H]3C[C@@H]12.C[C@H]1c2cccc(O)c2C(=O)C2=C(O)[C@]3(O)C(=O)C(C(N)=O)=C(O)[C@@H](N(C)C)[C@@H]3[C@@H](O)[C@@H]21.O. The predicted octanol–water partition coefficient (Wildman–Crippen LogP) is -0.907. The minimum absolute atomic E-state index is 0. The van der Waals surface area contributed by atoms with E-state index in [1.165, 1.54) is 50.1 Å². The summed E-state index contributed by atoms with van der Waals surface area (Å²) in [5.74, 6) is -17.0. The highest BCUT2D eigenvalue weighted by atomic mass is 35.5. The first-order chi connectivity index (χ1) is 29.7. The second-order valence-corrected chi connectivity index (χ2v) is 17.7. The van der Waals surface area contributed by atoms with Crippen LogP contribution in [0.5, 0.6) is 11.5 Å². The lowest BCUT2D eigenvalue weighted by Gasteiger charge is -2.53. The fraction of sp³-hybridized carbons (Fsp3) is 0.395. The van der Waals surface area contributed by atoms with E-state index in [0.29, 0.717) is 5.56 Å². The van der Waals surface area contributed by atoms with E-state index in [4.69, 9.17) is 23.1 Å². The number of Topliss-reactive ketones (excluding diaryl/α,β-unsaturated/α-hetero) is 4. The largest absolute Gasteiger partial charge is 0.510 e. The molecule has 2 aromatic rings. The Morgan fingerprint density at radius 2 is 1.22 bits per heavy atom. The third-order valence-corrected chi connectivity index (χ3v) is 14.0. The molecule has 21 nitrogen and oxygen atoms in total. The Morgan fingerprint density at radius 1 is 0.723 bits per heavy atom. The van der Waals surface area contributed by atoms with Crippen molar-refractivity contribution in [1.82, 2.24) is 9.80 Å². The van der Waals surface area contributed by atoms with E-state index >= 15 is 0 Å². The quantitative estimate of drug-likeness (QED) is 0.165. The summed E-state index contributed by atoms with van der Waals surface area (Å²) in [6.07, 6.45) is -3.29. The Morgan fingerprint density at radius 3 is 1.75 bits per heavy atom. The second-order valence-electron chi connectivity index (χ2n) is 17.3. The number of carbonyl (C=O) groups is 6. The molecule has 16 N–H and O–H groups in total. The molecule has 8 rings (SSSR count). The number of benzene rings is 2. The van der Waals surface area contributed by atoms with Gasteiger partial charge in [0.15, 0.2) is 22.8 Å². The summed E-state index contributed by atoms with van der Waals surface area (Å²) >= 11 is 6.17. The molecule has 0 saturated carbocycles. The van der Waals surface area contributed by atoms with Crippen LogP contribution in [0.15, 0.2) is 75.7 Å². The van der Waals surface area contributed by atoms with Crippen LogP contribution in [0, 0.1) is 23.7 Å². The second kappa shape index (κ2) is 16.1. The molecule has 0 unspecified atom stereocenters. The number of likely N-dealkylation sites (N-methyl/N-ethyl adjacent to an activating group) is 2. The Labute approximate surface area is 373 Å². The number of ketones is 4. The van der Waals surface area contributed by atoms with Crippen molar-refractivity contribution in [3.63, 3.8) is 0 Å². The third kappa shape index (κ3) is 6.32. The van der Waals surface area contributed by atoms with Crippen LogP contribution < -0.4 is 11.5 Å². The van der Waals surface area contributed by atoms with Gasteiger partial charge in [-0.2, -0.15) is 0 Å². The molecule has 2 amide bonds. The number of nitrogens with two attached hydrogens (primary N) is 2. The first kappa shape index (κ1) is 48.3. The van der Waals surface area contributed by atoms with E-state index in [-0.39, 0.29) is 39.4 Å². The Hall–Kier alpha value is -6.17. The molecule has 0 heterocycles. The lowest BCUT2D eigenvalue weighted by Crippen LogP contribution is -2.68. The maximum Gasteiger partial charge on any atom is 0.255 e. The van der Waals surface area contributed by atoms with Gasteiger partial charge >= 0.3 is 0 Å². The minimum atomic E-state index is -2.89. The van der Waals surface area contributed by atoms with Crippen LogP contribution in [0.2, 0.25) is 5.02 Å². The highest BCUT2D eigenvalue weighted by Crippen LogP contribution is 2.57. The highest BCUT2D eigenvalue weighted by Gasteiger charge is 2.68. The van der Waals surface area contributed by atoms with Gasteiger partial charge in [0.2, 0.25) is 11.6 Å². The van der Waals surface area contributed by atoms with Crippen LogP contribution in [-0.2, 0) is 19.2 Å². The van der Waals surface area contributed by atoms with E-state index < -0.39 is 151 Å². The summed E-state index contributed by atoms with van der Waals surface area (Å²) in [5.41, 5.74) is 2.10. The number of phenols is 2. The van der Waals surface area contributed by atoms with Gasteiger partial charge in [-0.1, -0.05) is 30.7 Å². The summed E-state index contributed by atoms with van der Waals surface area (Å²) < 4.78 is 0. The first-order valence-corrected chi connectivity index (χ1v) is 20.1. The molecule has 65 heavy (non-hydrogen) atoms. The van der Waals surface area contributed by atoms with Gasteiger partial charge in [-0.15, -0.1) is 0 Å². The molecule has 0 radical (unpaired) electrons. The van der Waals surface area contributed by atoms with Crippen molar-refractivity contribution in [2.75, 3.05) is 28.2 Å². The lowest BCUT2D eigenvalue weighted by atomic mass is 9.55. The van der Waals surface area contributed by atoms with Crippen LogP contribution in [0.4, 0.5) is 0 Å². The van der Waals surface area contributed by atoms with Gasteiger partial charge in [-0.3, -0.25) is 38.6 Å². The van der Waals surface area contributed by atoms with Gasteiger partial charge in [0, 0.05) is 39.5 Å². The third-order valence-electron chi connectivity index (χ3n) is 13.6. The number of rotatable bonds is 4. The maximum absolute atomic E-state index is 13.3. The number of hydrogen-bond acceptors (Lipinski definition) is 18. The average Bonchev–Trinajstić information content (AvgIpc) is 3.20. The summed E-state index contributed by atoms with van der Waals surface area (Å²) in [7, 11) is 6.00. The van der Waals surface area contributed by atoms with Gasteiger partial charge in [-0.25, -0.2) is 0 Å². The molecule has 6 aliphatic carbocycles. The molecule has 0 aromatic heterocycles. The van der Waals surface area contributed by atoms with E-state index in [0.717, 1.165) is 6.07 Å². The van der Waals surface area contributed by atoms with Gasteiger partial charge in [-0.05, 0) is 64.3 Å². The van der Waals surface area contributed by atoms with E-state index in [1.54, 1.807) is 19.1 Å². The number of aliphatic hydroxyl groups is 8. The van der Waals surface area contributed by atoms with Crippen molar-refractivity contribution in [1.29, 1.82) is 0 Å². The molecule has 348 valence electrons. The van der Waals surface area contributed by atoms with Crippen LogP contribution in [0.1, 0.15) is 57.2 Å². The normalized spacial score (nSPS) is 32.7. The van der Waals surface area contributed by atoms with Crippen molar-refractivity contribution >= 4 is 46.5 Å². The summed E-state index contributed by atoms with van der Waals surface area (Å²) in [6, 6.07) is 4.47. The molecule has 22 heteroatoms. The number of aromatic hydroxyl groups is 2. The van der Waals surface area contributed by atoms with Crippen molar-refractivity contribution in [2.45, 2.75) is 54.8 Å². The smallest absolute Gasteiger partial charge is 0.255 e. The zero-order chi connectivity index (χ0) is 47.7. The summed E-state index contributed by atoms with van der Waals surface area (Å²) in [5, 5.41) is 109. The average molecular weight is 927 g/mol. The topological polar surface area (TPSA) is 395 Å². The van der Waals surface area contributed by atoms with Crippen molar-refractivity contribution in [3.05, 3.63) is 103 Å². The molecular weight excluding hydrogens is 880 g/mol. The van der Waals surface area contributed by atoms with E-state index in [9.17, 15) is 79.8 Å². The number of amides is 2. The number of hydrogen-bond donors (Lipinski definition) is 12. The van der Waals surface area contributed by atoms with Gasteiger partial charge in [0.25, 0.3) is 11.8 Å². The maximum atomic E-state index is 13.3. The fourth-order valence-corrected chi connectivity index (χ4v) is 11.1. The first-order valence-electron chi connectivity index (χ1n) is 19.7. The van der Waals surface area contributed by atoms with Crippen molar-refractivity contribution in [2.24, 2.45) is 35.1 Å². The minimum Gasteiger partial charge on any atom is -0.510 e. The molecule has 6 aliphatic rings. The molecule has 0 bridgehead atoms. The molecule has 0 aliphatic heterocycles. The number of halogens is 1. The fourth-order valence-electron chi connectivity index (χ4n) is 10.8. The van der Waals surface area contributed by atoms with Crippen LogP contribution >= 0.6 is 11.6 Å². The molecule has 2 aromatic carbocycles. The molecule has 0 saturated heterocycles. The number of phenolic OH excluding ortho intramolecular Hbond substituents is 2. The Balaban J connectivity index is 0.000000212. The standard InChI is InChI=1S/C22H24N2O8.C21H21ClN2O8.H2O/c1-7-8-5-4-6-9(25)11(8)16(26)12-10(7)17(27)14-15(24(2)3)18(28)13(21(23)31)20(30)22(14,32)19(12)29;1-24(2)14-7-5-6-10(16(27)12-9(25)4-3-8(22)11(12)15(6)26)18(29)21(7,32)19(30)13(17(14)28)20(23)31;/h4-7,10,14-15,17,25,27-29,32H,1-3H3,(H2,23,31);3-4,6-7,14-15,25-26,28-29,32H,5H2,1-2H3,(H2,23,31);1H2/t7-,10+,14+,15-,17-,22-;6-,7-,14-,15-,21-;/m00./s1. The van der Waals surface area contributed by atoms with E-state index in [2.05, 4.69) is 0 Å². The van der Waals surface area contributed by atoms with E-state index in [1.807, 2.05) is 0 Å². The van der Waals surface area contributed by atoms with Gasteiger partial charge < -0.3 is 68.0 Å². The van der Waals surface area contributed by atoms with Gasteiger partial charge in [0.1, 0.15) is 45.7 Å². The van der Waals surface area contributed by atoms with Gasteiger partial charge in [0.05, 0.1) is 41.3 Å².